The van der Waals surface area contributed by atoms with E-state index in [0.29, 0.717) is 17.2 Å². The van der Waals surface area contributed by atoms with Gasteiger partial charge in [0.15, 0.2) is 0 Å². The zero-order chi connectivity index (χ0) is 16.7. The molecule has 6 heteroatoms. The first kappa shape index (κ1) is 17.0. The average Bonchev–Trinajstić information content (AvgIpc) is 2.60. The molecule has 2 aromatic rings. The second kappa shape index (κ2) is 8.33. The molecule has 0 aromatic heterocycles. The van der Waals surface area contributed by atoms with Crippen molar-refractivity contribution in [3.05, 3.63) is 48.5 Å². The van der Waals surface area contributed by atoms with Crippen molar-refractivity contribution in [1.29, 1.82) is 0 Å². The van der Waals surface area contributed by atoms with Crippen molar-refractivity contribution < 1.29 is 18.5 Å². The summed E-state index contributed by atoms with van der Waals surface area (Å²) < 4.78 is 22.4. The van der Waals surface area contributed by atoms with E-state index in [1.165, 1.54) is 0 Å². The monoisotopic (exact) mass is 333 g/mol. The third-order valence-corrected chi connectivity index (χ3v) is 4.53. The van der Waals surface area contributed by atoms with Crippen LogP contribution in [0.5, 0.6) is 11.5 Å². The van der Waals surface area contributed by atoms with Crippen molar-refractivity contribution in [1.82, 2.24) is 0 Å². The summed E-state index contributed by atoms with van der Waals surface area (Å²) in [6, 6.07) is 14.2. The minimum atomic E-state index is -1.18. The lowest BCUT2D eigenvalue weighted by atomic mass is 10.2. The van der Waals surface area contributed by atoms with Gasteiger partial charge in [-0.3, -0.25) is 9.00 Å². The van der Waals surface area contributed by atoms with E-state index in [1.54, 1.807) is 44.6 Å². The van der Waals surface area contributed by atoms with Crippen molar-refractivity contribution in [2.45, 2.75) is 11.3 Å². The zero-order valence-corrected chi connectivity index (χ0v) is 13.9. The minimum Gasteiger partial charge on any atom is -0.497 e. The maximum Gasteiger partial charge on any atom is 0.225 e. The van der Waals surface area contributed by atoms with Crippen LogP contribution in [0.4, 0.5) is 5.69 Å². The smallest absolute Gasteiger partial charge is 0.225 e. The number of rotatable bonds is 7. The van der Waals surface area contributed by atoms with E-state index in [-0.39, 0.29) is 18.1 Å². The van der Waals surface area contributed by atoms with Crippen molar-refractivity contribution >= 4 is 22.4 Å². The van der Waals surface area contributed by atoms with E-state index in [2.05, 4.69) is 5.32 Å². The van der Waals surface area contributed by atoms with Crippen molar-refractivity contribution in [2.75, 3.05) is 25.3 Å². The van der Waals surface area contributed by atoms with Crippen LogP contribution in [0, 0.1) is 0 Å². The van der Waals surface area contributed by atoms with Crippen molar-refractivity contribution in [2.24, 2.45) is 0 Å². The Morgan fingerprint density at radius 2 is 1.65 bits per heavy atom. The van der Waals surface area contributed by atoms with Crippen LogP contribution in [0.2, 0.25) is 0 Å². The Hall–Kier alpha value is -2.34. The topological polar surface area (TPSA) is 64.6 Å². The van der Waals surface area contributed by atoms with Gasteiger partial charge < -0.3 is 14.8 Å². The average molecular weight is 333 g/mol. The van der Waals surface area contributed by atoms with Crippen LogP contribution in [-0.4, -0.2) is 30.1 Å². The molecule has 0 heterocycles. The van der Waals surface area contributed by atoms with E-state index >= 15 is 0 Å². The number of nitrogens with one attached hydrogen (secondary N) is 1. The summed E-state index contributed by atoms with van der Waals surface area (Å²) in [5, 5.41) is 2.76. The van der Waals surface area contributed by atoms with Gasteiger partial charge in [-0.25, -0.2) is 0 Å². The summed E-state index contributed by atoms with van der Waals surface area (Å²) in [7, 11) is 1.91. The Bertz CT molecular complexity index is 666. The van der Waals surface area contributed by atoms with E-state index in [1.807, 2.05) is 18.2 Å². The van der Waals surface area contributed by atoms with Gasteiger partial charge in [0.25, 0.3) is 0 Å². The normalized spacial score (nSPS) is 11.6. The maximum atomic E-state index is 12.1. The van der Waals surface area contributed by atoms with Gasteiger partial charge in [-0.05, 0) is 12.1 Å². The molecule has 0 spiro atoms. The number of carbonyl (C=O) groups is 1. The van der Waals surface area contributed by atoms with Crippen LogP contribution in [0.1, 0.15) is 6.42 Å². The molecule has 5 nitrogen and oxygen atoms in total. The standard InChI is InChI=1S/C17H19NO4S/c1-21-14-10-13(11-15(12-14)22-2)18-17(19)8-9-23(20)16-6-4-3-5-7-16/h3-7,10-12H,8-9H2,1-2H3,(H,18,19). The summed E-state index contributed by atoms with van der Waals surface area (Å²) >= 11 is 0. The predicted molar refractivity (Wildman–Crippen MR) is 90.5 cm³/mol. The largest absolute Gasteiger partial charge is 0.497 e. The number of carbonyl (C=O) groups excluding carboxylic acids is 1. The fourth-order valence-corrected chi connectivity index (χ4v) is 3.05. The highest BCUT2D eigenvalue weighted by Crippen LogP contribution is 2.25. The van der Waals surface area contributed by atoms with E-state index in [4.69, 9.17) is 9.47 Å². The van der Waals surface area contributed by atoms with Crippen LogP contribution in [0.3, 0.4) is 0 Å². The molecular weight excluding hydrogens is 314 g/mol. The fourth-order valence-electron chi connectivity index (χ4n) is 1.98. The number of ether oxygens (including phenoxy) is 2. The van der Waals surface area contributed by atoms with Crippen LogP contribution in [-0.2, 0) is 15.6 Å². The Morgan fingerprint density at radius 1 is 1.04 bits per heavy atom. The predicted octanol–water partition coefficient (Wildman–Crippen LogP) is 2.84. The Labute approximate surface area is 138 Å². The highest BCUT2D eigenvalue weighted by atomic mass is 32.2. The number of amides is 1. The lowest BCUT2D eigenvalue weighted by molar-refractivity contribution is -0.115. The molecule has 1 unspecified atom stereocenters. The van der Waals surface area contributed by atoms with Gasteiger partial charge in [-0.1, -0.05) is 18.2 Å². The number of anilines is 1. The van der Waals surface area contributed by atoms with Crippen molar-refractivity contribution in [3.8, 4) is 11.5 Å². The molecule has 122 valence electrons. The third-order valence-electron chi connectivity index (χ3n) is 3.16. The molecule has 0 bridgehead atoms. The fraction of sp³-hybridized carbons (Fsp3) is 0.235. The number of benzene rings is 2. The molecule has 0 saturated heterocycles. The molecule has 0 aliphatic carbocycles. The summed E-state index contributed by atoms with van der Waals surface area (Å²) in [6.07, 6.45) is 0.168. The summed E-state index contributed by atoms with van der Waals surface area (Å²) in [6.45, 7) is 0. The number of hydrogen-bond acceptors (Lipinski definition) is 4. The minimum absolute atomic E-state index is 0.168. The van der Waals surface area contributed by atoms with Crippen LogP contribution in [0.25, 0.3) is 0 Å². The molecule has 1 amide bonds. The lowest BCUT2D eigenvalue weighted by Gasteiger charge is -2.10. The number of hydrogen-bond donors (Lipinski definition) is 1. The Balaban J connectivity index is 1.93. The van der Waals surface area contributed by atoms with Gasteiger partial charge in [-0.2, -0.15) is 0 Å². The molecule has 1 N–H and O–H groups in total. The molecule has 2 aromatic carbocycles. The van der Waals surface area contributed by atoms with Gasteiger partial charge in [0.05, 0.1) is 25.0 Å². The first-order chi connectivity index (χ1) is 11.1. The van der Waals surface area contributed by atoms with Gasteiger partial charge >= 0.3 is 0 Å². The highest BCUT2D eigenvalue weighted by molar-refractivity contribution is 7.85. The Kier molecular flexibility index (Phi) is 6.17. The van der Waals surface area contributed by atoms with Gasteiger partial charge in [0.1, 0.15) is 11.5 Å². The number of methoxy groups -OCH3 is 2. The first-order valence-corrected chi connectivity index (χ1v) is 8.40. The molecule has 0 fully saturated rings. The van der Waals surface area contributed by atoms with E-state index < -0.39 is 10.8 Å². The summed E-state index contributed by atoms with van der Waals surface area (Å²) in [5.41, 5.74) is 0.580. The SMILES string of the molecule is COc1cc(NC(=O)CCS(=O)c2ccccc2)cc(OC)c1. The quantitative estimate of drug-likeness (QED) is 0.846. The maximum absolute atomic E-state index is 12.1. The van der Waals surface area contributed by atoms with Gasteiger partial charge in [0, 0.05) is 41.0 Å². The molecule has 0 saturated carbocycles. The van der Waals surface area contributed by atoms with Gasteiger partial charge in [0.2, 0.25) is 5.91 Å². The zero-order valence-electron chi connectivity index (χ0n) is 13.1. The highest BCUT2D eigenvalue weighted by Gasteiger charge is 2.09. The van der Waals surface area contributed by atoms with Gasteiger partial charge in [-0.15, -0.1) is 0 Å². The van der Waals surface area contributed by atoms with Crippen molar-refractivity contribution in [3.63, 3.8) is 0 Å². The molecule has 2 rings (SSSR count). The lowest BCUT2D eigenvalue weighted by Crippen LogP contribution is -2.15. The molecule has 0 aliphatic rings. The third kappa shape index (κ3) is 5.10. The second-order valence-corrected chi connectivity index (χ2v) is 6.33. The van der Waals surface area contributed by atoms with E-state index in [0.717, 1.165) is 4.90 Å². The second-order valence-electron chi connectivity index (χ2n) is 4.76. The first-order valence-electron chi connectivity index (χ1n) is 7.08. The van der Waals surface area contributed by atoms with Crippen LogP contribution in [0.15, 0.2) is 53.4 Å². The molecule has 0 radical (unpaired) electrons. The molecular formula is C17H19NO4S. The molecule has 1 atom stereocenters. The molecule has 23 heavy (non-hydrogen) atoms. The Morgan fingerprint density at radius 3 is 2.22 bits per heavy atom. The summed E-state index contributed by atoms with van der Waals surface area (Å²) in [4.78, 5) is 12.7. The van der Waals surface area contributed by atoms with Crippen LogP contribution >= 0.6 is 0 Å². The van der Waals surface area contributed by atoms with E-state index in [9.17, 15) is 9.00 Å². The van der Waals surface area contributed by atoms with Crippen LogP contribution < -0.4 is 14.8 Å². The molecule has 0 aliphatic heterocycles. The summed E-state index contributed by atoms with van der Waals surface area (Å²) in [5.74, 6) is 1.25.